The highest BCUT2D eigenvalue weighted by molar-refractivity contribution is 5.88. The van der Waals surface area contributed by atoms with Crippen LogP contribution < -0.4 is 4.74 Å². The van der Waals surface area contributed by atoms with Gasteiger partial charge < -0.3 is 9.47 Å². The van der Waals surface area contributed by atoms with Gasteiger partial charge >= 0.3 is 5.97 Å². The summed E-state index contributed by atoms with van der Waals surface area (Å²) >= 11 is 0. The van der Waals surface area contributed by atoms with Crippen LogP contribution in [0.2, 0.25) is 0 Å². The van der Waals surface area contributed by atoms with Crippen LogP contribution >= 0.6 is 0 Å². The van der Waals surface area contributed by atoms with Crippen LogP contribution in [0.5, 0.6) is 5.75 Å². The van der Waals surface area contributed by atoms with Crippen LogP contribution in [0.25, 0.3) is 5.82 Å². The lowest BCUT2D eigenvalue weighted by atomic mass is 10.4. The Hall–Kier alpha value is -2.37. The van der Waals surface area contributed by atoms with Gasteiger partial charge in [-0.2, -0.15) is 5.10 Å². The van der Waals surface area contributed by atoms with E-state index in [1.165, 1.54) is 10.9 Å². The average molecular weight is 247 g/mol. The molecule has 2 aromatic rings. The lowest BCUT2D eigenvalue weighted by Gasteiger charge is -2.05. The number of carbonyl (C=O) groups is 1. The lowest BCUT2D eigenvalue weighted by molar-refractivity contribution is 0.0526. The Labute approximate surface area is 104 Å². The maximum atomic E-state index is 11.5. The van der Waals surface area contributed by atoms with Gasteiger partial charge in [-0.1, -0.05) is 0 Å². The van der Waals surface area contributed by atoms with Crippen molar-refractivity contribution in [3.63, 3.8) is 0 Å². The summed E-state index contributed by atoms with van der Waals surface area (Å²) in [6.07, 6.45) is 4.62. The zero-order valence-electron chi connectivity index (χ0n) is 10.2. The van der Waals surface area contributed by atoms with Crippen LogP contribution in [0.3, 0.4) is 0 Å². The third kappa shape index (κ3) is 2.32. The van der Waals surface area contributed by atoms with E-state index in [0.29, 0.717) is 23.7 Å². The molecule has 0 radical (unpaired) electrons. The first-order chi connectivity index (χ1) is 8.76. The van der Waals surface area contributed by atoms with E-state index in [9.17, 15) is 4.79 Å². The Morgan fingerprint density at radius 1 is 1.50 bits per heavy atom. The maximum absolute atomic E-state index is 11.5. The predicted molar refractivity (Wildman–Crippen MR) is 63.9 cm³/mol. The van der Waals surface area contributed by atoms with E-state index in [1.807, 2.05) is 0 Å². The van der Waals surface area contributed by atoms with E-state index >= 15 is 0 Å². The van der Waals surface area contributed by atoms with Gasteiger partial charge in [-0.05, 0) is 19.1 Å². The van der Waals surface area contributed by atoms with Crippen molar-refractivity contribution >= 4 is 5.97 Å². The van der Waals surface area contributed by atoms with Gasteiger partial charge in [0.2, 0.25) is 0 Å². The number of ether oxygens (including phenoxy) is 2. The number of aromatic nitrogens is 3. The van der Waals surface area contributed by atoms with Gasteiger partial charge in [-0.15, -0.1) is 0 Å². The first kappa shape index (κ1) is 12.1. The summed E-state index contributed by atoms with van der Waals surface area (Å²) in [5.41, 5.74) is 0.379. The monoisotopic (exact) mass is 247 g/mol. The molecule has 0 spiro atoms. The fourth-order valence-electron chi connectivity index (χ4n) is 1.47. The minimum absolute atomic E-state index is 0.330. The van der Waals surface area contributed by atoms with E-state index in [0.717, 1.165) is 0 Å². The number of esters is 1. The maximum Gasteiger partial charge on any atom is 0.341 e. The minimum atomic E-state index is -0.404. The fourth-order valence-corrected chi connectivity index (χ4v) is 1.47. The van der Waals surface area contributed by atoms with Gasteiger partial charge in [0, 0.05) is 12.4 Å². The quantitative estimate of drug-likeness (QED) is 0.765. The summed E-state index contributed by atoms with van der Waals surface area (Å²) in [4.78, 5) is 15.7. The van der Waals surface area contributed by atoms with Gasteiger partial charge in [0.1, 0.15) is 0 Å². The van der Waals surface area contributed by atoms with Crippen molar-refractivity contribution in [2.45, 2.75) is 6.92 Å². The van der Waals surface area contributed by atoms with Crippen LogP contribution in [0, 0.1) is 0 Å². The molecule has 6 heteroatoms. The molecule has 18 heavy (non-hydrogen) atoms. The van der Waals surface area contributed by atoms with E-state index in [1.54, 1.807) is 38.6 Å². The Kier molecular flexibility index (Phi) is 3.57. The highest BCUT2D eigenvalue weighted by atomic mass is 16.5. The molecular weight excluding hydrogens is 234 g/mol. The molecular formula is C12H13N3O3. The number of nitrogens with zero attached hydrogens (tertiary/aromatic N) is 3. The molecule has 0 aromatic carbocycles. The van der Waals surface area contributed by atoms with Crippen LogP contribution in [-0.2, 0) is 4.74 Å². The molecule has 0 fully saturated rings. The van der Waals surface area contributed by atoms with Crippen molar-refractivity contribution in [1.82, 2.24) is 14.8 Å². The molecule has 0 N–H and O–H groups in total. The average Bonchev–Trinajstić information content (AvgIpc) is 2.88. The number of methoxy groups -OCH3 is 1. The van der Waals surface area contributed by atoms with Crippen LogP contribution in [0.15, 0.2) is 30.7 Å². The van der Waals surface area contributed by atoms with Crippen LogP contribution in [0.4, 0.5) is 0 Å². The van der Waals surface area contributed by atoms with Crippen molar-refractivity contribution in [3.8, 4) is 11.6 Å². The van der Waals surface area contributed by atoms with Gasteiger partial charge in [0.15, 0.2) is 11.6 Å². The highest BCUT2D eigenvalue weighted by Gasteiger charge is 2.12. The smallest absolute Gasteiger partial charge is 0.341 e. The first-order valence-corrected chi connectivity index (χ1v) is 5.47. The number of carbonyl (C=O) groups excluding carboxylic acids is 1. The van der Waals surface area contributed by atoms with E-state index in [2.05, 4.69) is 10.1 Å². The highest BCUT2D eigenvalue weighted by Crippen LogP contribution is 2.18. The normalized spacial score (nSPS) is 10.1. The van der Waals surface area contributed by atoms with Crippen molar-refractivity contribution < 1.29 is 14.3 Å². The van der Waals surface area contributed by atoms with Crippen molar-refractivity contribution in [3.05, 3.63) is 36.3 Å². The summed E-state index contributed by atoms with van der Waals surface area (Å²) < 4.78 is 11.5. The van der Waals surface area contributed by atoms with Crippen molar-refractivity contribution in [2.75, 3.05) is 13.7 Å². The second kappa shape index (κ2) is 5.31. The minimum Gasteiger partial charge on any atom is -0.493 e. The molecule has 2 rings (SSSR count). The number of hydrogen-bond donors (Lipinski definition) is 0. The molecule has 0 saturated carbocycles. The van der Waals surface area contributed by atoms with Gasteiger partial charge in [0.05, 0.1) is 25.5 Å². The summed E-state index contributed by atoms with van der Waals surface area (Å²) in [6, 6.07) is 3.53. The molecule has 0 saturated heterocycles. The van der Waals surface area contributed by atoms with Crippen LogP contribution in [-0.4, -0.2) is 34.5 Å². The zero-order valence-corrected chi connectivity index (χ0v) is 10.2. The Morgan fingerprint density at radius 3 is 3.06 bits per heavy atom. The number of hydrogen-bond acceptors (Lipinski definition) is 5. The molecule has 6 nitrogen and oxygen atoms in total. The van der Waals surface area contributed by atoms with Gasteiger partial charge in [-0.25, -0.2) is 14.5 Å². The third-order valence-corrected chi connectivity index (χ3v) is 2.28. The first-order valence-electron chi connectivity index (χ1n) is 5.47. The number of rotatable bonds is 4. The van der Waals surface area contributed by atoms with Crippen LogP contribution in [0.1, 0.15) is 17.3 Å². The van der Waals surface area contributed by atoms with Crippen molar-refractivity contribution in [1.29, 1.82) is 0 Å². The molecule has 0 bridgehead atoms. The Bertz CT molecular complexity index is 551. The standard InChI is InChI=1S/C12H13N3O3/c1-3-18-12(16)9-7-14-15(8-9)11-10(17-2)5-4-6-13-11/h4-8H,3H2,1-2H3. The van der Waals surface area contributed by atoms with E-state index in [-0.39, 0.29) is 0 Å². The lowest BCUT2D eigenvalue weighted by Crippen LogP contribution is -2.04. The summed E-state index contributed by atoms with van der Waals surface area (Å²) in [7, 11) is 1.55. The van der Waals surface area contributed by atoms with Gasteiger partial charge in [0.25, 0.3) is 0 Å². The second-order valence-electron chi connectivity index (χ2n) is 3.42. The van der Waals surface area contributed by atoms with E-state index in [4.69, 9.17) is 9.47 Å². The molecule has 0 aliphatic heterocycles. The zero-order chi connectivity index (χ0) is 13.0. The predicted octanol–water partition coefficient (Wildman–Crippen LogP) is 1.45. The fraction of sp³-hybridized carbons (Fsp3) is 0.250. The van der Waals surface area contributed by atoms with E-state index < -0.39 is 5.97 Å². The van der Waals surface area contributed by atoms with Gasteiger partial charge in [-0.3, -0.25) is 0 Å². The largest absolute Gasteiger partial charge is 0.493 e. The second-order valence-corrected chi connectivity index (χ2v) is 3.42. The topological polar surface area (TPSA) is 66.2 Å². The molecule has 2 aromatic heterocycles. The summed E-state index contributed by atoms with van der Waals surface area (Å²) in [5, 5.41) is 4.07. The Morgan fingerprint density at radius 2 is 2.33 bits per heavy atom. The molecule has 0 atom stereocenters. The molecule has 0 aliphatic carbocycles. The number of pyridine rings is 1. The Balaban J connectivity index is 2.32. The molecule has 94 valence electrons. The SMILES string of the molecule is CCOC(=O)c1cnn(-c2ncccc2OC)c1. The summed E-state index contributed by atoms with van der Waals surface area (Å²) in [6.45, 7) is 2.08. The molecule has 0 unspecified atom stereocenters. The molecule has 0 amide bonds. The van der Waals surface area contributed by atoms with Crippen molar-refractivity contribution in [2.24, 2.45) is 0 Å². The third-order valence-electron chi connectivity index (χ3n) is 2.28. The molecule has 2 heterocycles. The molecule has 0 aliphatic rings. The summed E-state index contributed by atoms with van der Waals surface area (Å²) in [5.74, 6) is 0.699.